The quantitative estimate of drug-likeness (QED) is 0.208. The van der Waals surface area contributed by atoms with Crippen LogP contribution < -0.4 is 0 Å². The summed E-state index contributed by atoms with van der Waals surface area (Å²) < 4.78 is 54.6. The number of fused-ring (bicyclic) bond motifs is 2. The number of benzene rings is 7. The molecular weight excluding hydrogens is 534 g/mol. The number of hydrogen-bond acceptors (Lipinski definition) is 3. The molecule has 1 heterocycles. The molecule has 0 bridgehead atoms. The van der Waals surface area contributed by atoms with E-state index in [2.05, 4.69) is 0 Å². The molecule has 0 radical (unpaired) electrons. The lowest BCUT2D eigenvalue weighted by atomic mass is 9.96. The summed E-state index contributed by atoms with van der Waals surface area (Å²) in [5, 5.41) is 1.94. The van der Waals surface area contributed by atoms with Gasteiger partial charge in [0.1, 0.15) is 0 Å². The average Bonchev–Trinajstić information content (AvgIpc) is 3.16. The Bertz CT molecular complexity index is 2550. The standard InChI is InChI=1S/C41H27N3/c1-3-11-29(12-4-1)39-42-40(30-13-5-2-6-14-30)44-41(43-39)38-17-9-16-32(27-38)33-20-21-37-26-36(23-22-35(37)25-33)34-19-18-28-10-7-8-15-31(28)24-34/h1-27H/i20D,21D,22D,23D,25D,26D. The van der Waals surface area contributed by atoms with Gasteiger partial charge in [0.25, 0.3) is 0 Å². The molecule has 0 saturated carbocycles. The van der Waals surface area contributed by atoms with E-state index in [-0.39, 0.29) is 58.2 Å². The fourth-order valence-electron chi connectivity index (χ4n) is 5.26. The molecule has 0 saturated heterocycles. The van der Waals surface area contributed by atoms with Crippen LogP contribution in [0.5, 0.6) is 0 Å². The van der Waals surface area contributed by atoms with Gasteiger partial charge in [-0.2, -0.15) is 0 Å². The van der Waals surface area contributed by atoms with Crippen molar-refractivity contribution in [1.82, 2.24) is 15.0 Å². The molecule has 0 N–H and O–H groups in total. The summed E-state index contributed by atoms with van der Waals surface area (Å²) in [5.74, 6) is 1.38. The topological polar surface area (TPSA) is 38.7 Å². The Morgan fingerprint density at radius 3 is 1.41 bits per heavy atom. The molecule has 3 nitrogen and oxygen atoms in total. The maximum atomic E-state index is 9.27. The van der Waals surface area contributed by atoms with Crippen molar-refractivity contribution in [3.63, 3.8) is 0 Å². The van der Waals surface area contributed by atoms with Crippen molar-refractivity contribution >= 4 is 21.5 Å². The molecule has 0 aliphatic rings. The fourth-order valence-corrected chi connectivity index (χ4v) is 5.26. The normalized spacial score (nSPS) is 13.1. The number of rotatable bonds is 5. The van der Waals surface area contributed by atoms with Gasteiger partial charge in [-0.05, 0) is 68.0 Å². The summed E-state index contributed by atoms with van der Waals surface area (Å²) in [6.45, 7) is 0. The van der Waals surface area contributed by atoms with E-state index >= 15 is 0 Å². The third-order valence-corrected chi connectivity index (χ3v) is 7.52. The highest BCUT2D eigenvalue weighted by Gasteiger charge is 2.13. The third-order valence-electron chi connectivity index (χ3n) is 7.52. The molecule has 3 heteroatoms. The van der Waals surface area contributed by atoms with E-state index in [1.54, 1.807) is 24.3 Å². The van der Waals surface area contributed by atoms with Crippen LogP contribution in [0, 0.1) is 0 Å². The Hall–Kier alpha value is -5.93. The summed E-state index contributed by atoms with van der Waals surface area (Å²) in [6.07, 6.45) is 0. The van der Waals surface area contributed by atoms with Crippen LogP contribution in [0.3, 0.4) is 0 Å². The molecule has 1 aromatic heterocycles. The van der Waals surface area contributed by atoms with Crippen LogP contribution in [0.1, 0.15) is 8.22 Å². The monoisotopic (exact) mass is 567 g/mol. The van der Waals surface area contributed by atoms with Gasteiger partial charge in [0.05, 0.1) is 8.22 Å². The van der Waals surface area contributed by atoms with Crippen LogP contribution >= 0.6 is 0 Å². The summed E-state index contributed by atoms with van der Waals surface area (Å²) in [5.41, 5.74) is 3.64. The molecule has 0 amide bonds. The number of nitrogens with zero attached hydrogens (tertiary/aromatic N) is 3. The zero-order valence-corrected chi connectivity index (χ0v) is 23.5. The molecule has 8 rings (SSSR count). The lowest BCUT2D eigenvalue weighted by Crippen LogP contribution is -2.00. The van der Waals surface area contributed by atoms with Crippen LogP contribution in [0.25, 0.3) is 78.0 Å². The Morgan fingerprint density at radius 1 is 0.318 bits per heavy atom. The first kappa shape index (κ1) is 20.1. The summed E-state index contributed by atoms with van der Waals surface area (Å²) in [6, 6.07) is 38.4. The molecule has 206 valence electrons. The van der Waals surface area contributed by atoms with E-state index in [9.17, 15) is 1.37 Å². The molecular formula is C41H27N3. The van der Waals surface area contributed by atoms with Crippen molar-refractivity contribution in [2.75, 3.05) is 0 Å². The van der Waals surface area contributed by atoms with Crippen LogP contribution in [0.4, 0.5) is 0 Å². The van der Waals surface area contributed by atoms with Crippen molar-refractivity contribution in [2.45, 2.75) is 0 Å². The van der Waals surface area contributed by atoms with Gasteiger partial charge in [-0.15, -0.1) is 0 Å². The molecule has 44 heavy (non-hydrogen) atoms. The lowest BCUT2D eigenvalue weighted by Gasteiger charge is -2.10. The Balaban J connectivity index is 1.30. The Kier molecular flexibility index (Phi) is 5.04. The van der Waals surface area contributed by atoms with Gasteiger partial charge in [0.15, 0.2) is 17.5 Å². The van der Waals surface area contributed by atoms with Crippen LogP contribution in [0.2, 0.25) is 0 Å². The minimum atomic E-state index is -0.269. The van der Waals surface area contributed by atoms with E-state index in [0.717, 1.165) is 21.9 Å². The first-order chi connectivity index (χ1) is 24.3. The first-order valence-electron chi connectivity index (χ1n) is 17.3. The second-order valence-electron chi connectivity index (χ2n) is 10.4. The minimum absolute atomic E-state index is 0.00355. The highest BCUT2D eigenvalue weighted by atomic mass is 15.0. The largest absolute Gasteiger partial charge is 0.208 e. The van der Waals surface area contributed by atoms with Crippen molar-refractivity contribution in [3.8, 4) is 56.4 Å². The maximum absolute atomic E-state index is 9.27. The average molecular weight is 568 g/mol. The molecule has 7 aromatic carbocycles. The molecule has 0 aliphatic heterocycles. The fraction of sp³-hybridized carbons (Fsp3) is 0. The van der Waals surface area contributed by atoms with Gasteiger partial charge < -0.3 is 0 Å². The second-order valence-corrected chi connectivity index (χ2v) is 10.4. The van der Waals surface area contributed by atoms with Gasteiger partial charge in [0.2, 0.25) is 0 Å². The molecule has 0 fully saturated rings. The van der Waals surface area contributed by atoms with Crippen LogP contribution in [-0.4, -0.2) is 15.0 Å². The van der Waals surface area contributed by atoms with Gasteiger partial charge in [-0.3, -0.25) is 0 Å². The molecule has 0 aliphatic carbocycles. The number of hydrogen-bond donors (Lipinski definition) is 0. The van der Waals surface area contributed by atoms with Gasteiger partial charge in [-0.1, -0.05) is 139 Å². The van der Waals surface area contributed by atoms with E-state index < -0.39 is 0 Å². The summed E-state index contributed by atoms with van der Waals surface area (Å²) in [4.78, 5) is 14.4. The van der Waals surface area contributed by atoms with Crippen molar-refractivity contribution < 1.29 is 8.22 Å². The SMILES string of the molecule is [2H]c1c(-c2ccc3ccccc3c2)c([2H])c2c([2H])c([2H])c(-c3cccc(-c4nc(-c5ccccc5)nc(-c5ccccc5)n4)c3)c([2H])c2c1[2H]. The lowest BCUT2D eigenvalue weighted by molar-refractivity contribution is 1.07. The van der Waals surface area contributed by atoms with Gasteiger partial charge in [0, 0.05) is 16.7 Å². The predicted octanol–water partition coefficient (Wildman–Crippen LogP) is 10.5. The van der Waals surface area contributed by atoms with Crippen LogP contribution in [0.15, 0.2) is 164 Å². The Labute approximate surface area is 264 Å². The predicted molar refractivity (Wildman–Crippen MR) is 182 cm³/mol. The summed E-state index contributed by atoms with van der Waals surface area (Å²) >= 11 is 0. The summed E-state index contributed by atoms with van der Waals surface area (Å²) in [7, 11) is 0. The van der Waals surface area contributed by atoms with Crippen molar-refractivity contribution in [1.29, 1.82) is 0 Å². The van der Waals surface area contributed by atoms with Gasteiger partial charge in [-0.25, -0.2) is 15.0 Å². The zero-order valence-electron chi connectivity index (χ0n) is 29.5. The molecule has 0 unspecified atom stereocenters. The van der Waals surface area contributed by atoms with Crippen molar-refractivity contribution in [3.05, 3.63) is 164 Å². The smallest absolute Gasteiger partial charge is 0.164 e. The van der Waals surface area contributed by atoms with E-state index in [1.807, 2.05) is 103 Å². The molecule has 8 aromatic rings. The van der Waals surface area contributed by atoms with Crippen LogP contribution in [-0.2, 0) is 0 Å². The zero-order chi connectivity index (χ0) is 34.5. The van der Waals surface area contributed by atoms with E-state index in [0.29, 0.717) is 34.2 Å². The molecule has 0 spiro atoms. The van der Waals surface area contributed by atoms with Gasteiger partial charge >= 0.3 is 0 Å². The van der Waals surface area contributed by atoms with E-state index in [4.69, 9.17) is 21.8 Å². The number of aromatic nitrogens is 3. The minimum Gasteiger partial charge on any atom is -0.208 e. The van der Waals surface area contributed by atoms with Crippen molar-refractivity contribution in [2.24, 2.45) is 0 Å². The third kappa shape index (κ3) is 5.01. The van der Waals surface area contributed by atoms with E-state index in [1.165, 1.54) is 0 Å². The first-order valence-corrected chi connectivity index (χ1v) is 14.3. The second kappa shape index (κ2) is 11.0. The highest BCUT2D eigenvalue weighted by Crippen LogP contribution is 2.32. The molecule has 0 atom stereocenters. The Morgan fingerprint density at radius 2 is 0.795 bits per heavy atom. The maximum Gasteiger partial charge on any atom is 0.164 e. The highest BCUT2D eigenvalue weighted by molar-refractivity contribution is 5.93.